The third-order valence-corrected chi connectivity index (χ3v) is 4.44. The molecule has 0 unspecified atom stereocenters. The number of hydrogen-bond acceptors (Lipinski definition) is 1. The van der Waals surface area contributed by atoms with Gasteiger partial charge in [-0.3, -0.25) is 4.79 Å². The molecule has 1 N–H and O–H groups in total. The van der Waals surface area contributed by atoms with Crippen molar-refractivity contribution in [2.75, 3.05) is 0 Å². The Labute approximate surface area is 139 Å². The van der Waals surface area contributed by atoms with Crippen molar-refractivity contribution in [1.29, 1.82) is 0 Å². The van der Waals surface area contributed by atoms with Crippen LogP contribution in [0.5, 0.6) is 0 Å². The van der Waals surface area contributed by atoms with Gasteiger partial charge in [0.25, 0.3) is 0 Å². The number of rotatable bonds is 4. The first-order valence-corrected chi connectivity index (χ1v) is 7.97. The van der Waals surface area contributed by atoms with E-state index in [1.165, 1.54) is 10.8 Å². The van der Waals surface area contributed by atoms with E-state index >= 15 is 0 Å². The van der Waals surface area contributed by atoms with Crippen LogP contribution < -0.4 is 0 Å². The first kappa shape index (κ1) is 14.5. The van der Waals surface area contributed by atoms with Crippen molar-refractivity contribution >= 4 is 27.5 Å². The molecule has 0 saturated heterocycles. The Morgan fingerprint density at radius 1 is 0.833 bits per heavy atom. The fraction of sp³-hybridized carbons (Fsp3) is 0.0952. The number of hydrogen-bond donors (Lipinski definition) is 1. The first-order chi connectivity index (χ1) is 11.7. The van der Waals surface area contributed by atoms with E-state index in [0.717, 1.165) is 16.3 Å². The summed E-state index contributed by atoms with van der Waals surface area (Å²) in [4.78, 5) is 11.3. The lowest BCUT2D eigenvalue weighted by Crippen LogP contribution is -2.13. The van der Waals surface area contributed by atoms with Crippen LogP contribution in [-0.4, -0.2) is 15.6 Å². The lowest BCUT2D eigenvalue weighted by molar-refractivity contribution is -0.137. The average Bonchev–Trinajstić information content (AvgIpc) is 3.00. The van der Waals surface area contributed by atoms with Crippen LogP contribution in [0.4, 0.5) is 0 Å². The molecule has 0 aliphatic heterocycles. The van der Waals surface area contributed by atoms with Crippen molar-refractivity contribution in [2.24, 2.45) is 0 Å². The second-order valence-corrected chi connectivity index (χ2v) is 6.06. The number of aromatic nitrogens is 1. The highest BCUT2D eigenvalue weighted by atomic mass is 16.4. The molecule has 3 heteroatoms. The number of fused-ring (bicyclic) bond motifs is 2. The van der Waals surface area contributed by atoms with E-state index in [1.54, 1.807) is 0 Å². The van der Waals surface area contributed by atoms with Crippen LogP contribution in [-0.2, 0) is 4.79 Å². The highest BCUT2D eigenvalue weighted by Gasteiger charge is 2.17. The van der Waals surface area contributed by atoms with Gasteiger partial charge < -0.3 is 9.67 Å². The van der Waals surface area contributed by atoms with Gasteiger partial charge in [0.15, 0.2) is 0 Å². The third kappa shape index (κ3) is 2.65. The molecule has 0 amide bonds. The van der Waals surface area contributed by atoms with Gasteiger partial charge in [-0.05, 0) is 39.2 Å². The lowest BCUT2D eigenvalue weighted by Gasteiger charge is -2.17. The molecule has 0 saturated carbocycles. The Morgan fingerprint density at radius 3 is 1.92 bits per heavy atom. The summed E-state index contributed by atoms with van der Waals surface area (Å²) in [5.41, 5.74) is 1.00. The summed E-state index contributed by atoms with van der Waals surface area (Å²) in [7, 11) is 0. The Morgan fingerprint density at radius 2 is 1.38 bits per heavy atom. The largest absolute Gasteiger partial charge is 0.481 e. The van der Waals surface area contributed by atoms with Gasteiger partial charge in [-0.25, -0.2) is 0 Å². The summed E-state index contributed by atoms with van der Waals surface area (Å²) in [6.07, 6.45) is 4.15. The van der Waals surface area contributed by atoms with Gasteiger partial charge >= 0.3 is 5.97 Å². The Hall–Kier alpha value is -3.07. The molecule has 1 aromatic heterocycles. The summed E-state index contributed by atoms with van der Waals surface area (Å²) in [6, 6.07) is 22.2. The number of benzene rings is 3. The van der Waals surface area contributed by atoms with Crippen molar-refractivity contribution in [3.8, 4) is 0 Å². The smallest absolute Gasteiger partial charge is 0.305 e. The van der Waals surface area contributed by atoms with Crippen LogP contribution in [0, 0.1) is 0 Å². The summed E-state index contributed by atoms with van der Waals surface area (Å²) < 4.78 is 2.02. The molecule has 4 aromatic rings. The minimum Gasteiger partial charge on any atom is -0.481 e. The number of aliphatic carboxylic acids is 1. The summed E-state index contributed by atoms with van der Waals surface area (Å²) in [6.45, 7) is 0. The van der Waals surface area contributed by atoms with E-state index in [1.807, 2.05) is 59.4 Å². The molecule has 4 rings (SSSR count). The normalized spacial score (nSPS) is 12.5. The third-order valence-electron chi connectivity index (χ3n) is 4.44. The zero-order valence-electron chi connectivity index (χ0n) is 13.1. The van der Waals surface area contributed by atoms with Gasteiger partial charge in [-0.15, -0.1) is 0 Å². The van der Waals surface area contributed by atoms with Crippen LogP contribution in [0.25, 0.3) is 21.5 Å². The van der Waals surface area contributed by atoms with Crippen molar-refractivity contribution in [3.63, 3.8) is 0 Å². The number of carboxylic acid groups (broad SMARTS) is 1. The minimum atomic E-state index is -0.799. The highest BCUT2D eigenvalue weighted by molar-refractivity contribution is 5.98. The number of carbonyl (C=O) groups is 1. The molecular formula is C21H17NO2. The Kier molecular flexibility index (Phi) is 3.54. The van der Waals surface area contributed by atoms with E-state index in [-0.39, 0.29) is 12.5 Å². The quantitative estimate of drug-likeness (QED) is 0.584. The monoisotopic (exact) mass is 315 g/mol. The van der Waals surface area contributed by atoms with Crippen molar-refractivity contribution in [2.45, 2.75) is 12.5 Å². The zero-order chi connectivity index (χ0) is 16.5. The minimum absolute atomic E-state index is 0.0600. The zero-order valence-corrected chi connectivity index (χ0v) is 13.1. The first-order valence-electron chi connectivity index (χ1n) is 7.97. The predicted octanol–water partition coefficient (Wildman–Crippen LogP) is 4.86. The molecule has 1 atom stereocenters. The predicted molar refractivity (Wildman–Crippen MR) is 96.3 cm³/mol. The molecule has 3 nitrogen and oxygen atoms in total. The van der Waals surface area contributed by atoms with Gasteiger partial charge in [0.05, 0.1) is 12.5 Å². The van der Waals surface area contributed by atoms with Gasteiger partial charge in [-0.1, -0.05) is 54.6 Å². The molecular weight excluding hydrogens is 298 g/mol. The topological polar surface area (TPSA) is 42.2 Å². The summed E-state index contributed by atoms with van der Waals surface area (Å²) in [5, 5.41) is 14.0. The maximum Gasteiger partial charge on any atom is 0.305 e. The van der Waals surface area contributed by atoms with E-state index in [9.17, 15) is 9.90 Å². The molecule has 0 aliphatic carbocycles. The SMILES string of the molecule is O=C(O)C[C@@H](c1ccccc1)n1cc2cc3ccccc3cc2c1. The summed E-state index contributed by atoms with van der Waals surface area (Å²) in [5.74, 6) is -0.799. The van der Waals surface area contributed by atoms with Gasteiger partial charge in [0.2, 0.25) is 0 Å². The van der Waals surface area contributed by atoms with Crippen molar-refractivity contribution in [3.05, 3.63) is 84.7 Å². The molecule has 0 aliphatic rings. The van der Waals surface area contributed by atoms with Gasteiger partial charge in [-0.2, -0.15) is 0 Å². The summed E-state index contributed by atoms with van der Waals surface area (Å²) >= 11 is 0. The maximum absolute atomic E-state index is 11.3. The molecule has 118 valence electrons. The molecule has 1 heterocycles. The van der Waals surface area contributed by atoms with Crippen LogP contribution >= 0.6 is 0 Å². The van der Waals surface area contributed by atoms with Gasteiger partial charge in [0.1, 0.15) is 0 Å². The number of carboxylic acids is 1. The van der Waals surface area contributed by atoms with Crippen LogP contribution in [0.15, 0.2) is 79.1 Å². The Bertz CT molecular complexity index is 965. The molecule has 0 bridgehead atoms. The molecule has 3 aromatic carbocycles. The fourth-order valence-electron chi connectivity index (χ4n) is 3.27. The lowest BCUT2D eigenvalue weighted by atomic mass is 10.0. The second-order valence-electron chi connectivity index (χ2n) is 6.06. The highest BCUT2D eigenvalue weighted by Crippen LogP contribution is 2.29. The molecule has 24 heavy (non-hydrogen) atoms. The molecule has 0 radical (unpaired) electrons. The van der Waals surface area contributed by atoms with E-state index < -0.39 is 5.97 Å². The van der Waals surface area contributed by atoms with Gasteiger partial charge in [0, 0.05) is 12.4 Å². The molecule has 0 spiro atoms. The van der Waals surface area contributed by atoms with Crippen LogP contribution in [0.1, 0.15) is 18.0 Å². The standard InChI is InChI=1S/C21H17NO2/c23-21(24)12-20(15-6-2-1-3-7-15)22-13-18-10-16-8-4-5-9-17(16)11-19(18)14-22/h1-11,13-14,20H,12H2,(H,23,24)/t20-/m0/s1. The van der Waals surface area contributed by atoms with Crippen LogP contribution in [0.3, 0.4) is 0 Å². The van der Waals surface area contributed by atoms with E-state index in [0.29, 0.717) is 0 Å². The average molecular weight is 315 g/mol. The van der Waals surface area contributed by atoms with Crippen molar-refractivity contribution in [1.82, 2.24) is 4.57 Å². The van der Waals surface area contributed by atoms with E-state index in [4.69, 9.17) is 0 Å². The van der Waals surface area contributed by atoms with E-state index in [2.05, 4.69) is 24.3 Å². The maximum atomic E-state index is 11.3. The second kappa shape index (κ2) is 5.85. The van der Waals surface area contributed by atoms with Crippen molar-refractivity contribution < 1.29 is 9.90 Å². The Balaban J connectivity index is 1.85. The number of nitrogens with zero attached hydrogens (tertiary/aromatic N) is 1. The molecule has 0 fully saturated rings. The van der Waals surface area contributed by atoms with Crippen LogP contribution in [0.2, 0.25) is 0 Å². The fourth-order valence-corrected chi connectivity index (χ4v) is 3.27.